The van der Waals surface area contributed by atoms with Crippen molar-refractivity contribution in [3.05, 3.63) is 54.1 Å². The molecule has 0 saturated carbocycles. The van der Waals surface area contributed by atoms with Crippen molar-refractivity contribution in [2.24, 2.45) is 0 Å². The molecule has 0 spiro atoms. The minimum absolute atomic E-state index is 0.147. The van der Waals surface area contributed by atoms with Crippen molar-refractivity contribution in [3.8, 4) is 16.9 Å². The summed E-state index contributed by atoms with van der Waals surface area (Å²) >= 11 is 0. The summed E-state index contributed by atoms with van der Waals surface area (Å²) in [6.07, 6.45) is 0. The molecule has 0 bridgehead atoms. The van der Waals surface area contributed by atoms with Gasteiger partial charge < -0.3 is 9.84 Å². The molecule has 3 nitrogen and oxygen atoms in total. The Morgan fingerprint density at radius 2 is 1.89 bits per heavy atom. The Hall–Kier alpha value is -2.29. The lowest BCUT2D eigenvalue weighted by Gasteiger charge is -2.07. The van der Waals surface area contributed by atoms with Gasteiger partial charge in [0.25, 0.3) is 0 Å². The highest BCUT2D eigenvalue weighted by Gasteiger charge is 2.11. The van der Waals surface area contributed by atoms with Crippen LogP contribution < -0.4 is 0 Å². The van der Waals surface area contributed by atoms with Crippen molar-refractivity contribution in [1.82, 2.24) is 0 Å². The van der Waals surface area contributed by atoms with Crippen LogP contribution in [0.5, 0.6) is 5.75 Å². The molecule has 0 radical (unpaired) electrons. The van der Waals surface area contributed by atoms with Gasteiger partial charge in [0, 0.05) is 5.56 Å². The number of benzene rings is 2. The quantitative estimate of drug-likeness (QED) is 0.840. The normalized spacial score (nSPS) is 10.1. The SMILES string of the molecule is CCOC(=O)c1ccc(O)c(-c2ccccc2)c1. The van der Waals surface area contributed by atoms with Gasteiger partial charge in [-0.25, -0.2) is 4.79 Å². The molecule has 0 amide bonds. The summed E-state index contributed by atoms with van der Waals surface area (Å²) in [5.41, 5.74) is 1.93. The van der Waals surface area contributed by atoms with Crippen LogP contribution in [0.1, 0.15) is 17.3 Å². The van der Waals surface area contributed by atoms with Crippen LogP contribution in [-0.4, -0.2) is 17.7 Å². The van der Waals surface area contributed by atoms with Gasteiger partial charge in [-0.05, 0) is 30.7 Å². The molecule has 0 saturated heterocycles. The van der Waals surface area contributed by atoms with Gasteiger partial charge in [-0.15, -0.1) is 0 Å². The summed E-state index contributed by atoms with van der Waals surface area (Å²) in [6, 6.07) is 14.1. The Bertz CT molecular complexity index is 547. The first-order valence-electron chi connectivity index (χ1n) is 5.78. The zero-order chi connectivity index (χ0) is 13.0. The van der Waals surface area contributed by atoms with Crippen LogP contribution in [-0.2, 0) is 4.74 Å². The maximum atomic E-state index is 11.6. The molecule has 0 unspecified atom stereocenters. The largest absolute Gasteiger partial charge is 0.507 e. The zero-order valence-electron chi connectivity index (χ0n) is 10.1. The van der Waals surface area contributed by atoms with Crippen molar-refractivity contribution in [1.29, 1.82) is 0 Å². The maximum absolute atomic E-state index is 11.6. The molecule has 0 aliphatic rings. The summed E-state index contributed by atoms with van der Waals surface area (Å²) in [6.45, 7) is 2.09. The van der Waals surface area contributed by atoms with E-state index < -0.39 is 0 Å². The fraction of sp³-hybridized carbons (Fsp3) is 0.133. The number of rotatable bonds is 3. The lowest BCUT2D eigenvalue weighted by atomic mass is 10.0. The van der Waals surface area contributed by atoms with Crippen molar-refractivity contribution in [3.63, 3.8) is 0 Å². The Morgan fingerprint density at radius 1 is 1.17 bits per heavy atom. The number of hydrogen-bond donors (Lipinski definition) is 1. The van der Waals surface area contributed by atoms with Gasteiger partial charge in [0.05, 0.1) is 12.2 Å². The van der Waals surface area contributed by atoms with Crippen molar-refractivity contribution >= 4 is 5.97 Å². The van der Waals surface area contributed by atoms with E-state index in [0.717, 1.165) is 5.56 Å². The van der Waals surface area contributed by atoms with Crippen LogP contribution in [0.15, 0.2) is 48.5 Å². The predicted molar refractivity (Wildman–Crippen MR) is 69.5 cm³/mol. The molecule has 3 heteroatoms. The lowest BCUT2D eigenvalue weighted by Crippen LogP contribution is -2.04. The Kier molecular flexibility index (Phi) is 3.63. The maximum Gasteiger partial charge on any atom is 0.338 e. The monoisotopic (exact) mass is 242 g/mol. The van der Waals surface area contributed by atoms with Crippen molar-refractivity contribution in [2.75, 3.05) is 6.61 Å². The fourth-order valence-corrected chi connectivity index (χ4v) is 1.73. The molecular formula is C15H14O3. The third-order valence-electron chi connectivity index (χ3n) is 2.59. The number of aromatic hydroxyl groups is 1. The van der Waals surface area contributed by atoms with E-state index in [2.05, 4.69) is 0 Å². The first-order chi connectivity index (χ1) is 8.72. The summed E-state index contributed by atoms with van der Waals surface area (Å²) in [5, 5.41) is 9.85. The van der Waals surface area contributed by atoms with Gasteiger partial charge in [0.1, 0.15) is 5.75 Å². The molecule has 18 heavy (non-hydrogen) atoms. The molecule has 0 heterocycles. The zero-order valence-corrected chi connectivity index (χ0v) is 10.1. The number of phenols is 1. The van der Waals surface area contributed by atoms with E-state index in [9.17, 15) is 9.90 Å². The topological polar surface area (TPSA) is 46.5 Å². The first kappa shape index (κ1) is 12.2. The van der Waals surface area contributed by atoms with Gasteiger partial charge in [-0.3, -0.25) is 0 Å². The lowest BCUT2D eigenvalue weighted by molar-refractivity contribution is 0.0526. The molecular weight excluding hydrogens is 228 g/mol. The highest BCUT2D eigenvalue weighted by molar-refractivity contribution is 5.92. The van der Waals surface area contributed by atoms with Crippen LogP contribution in [0, 0.1) is 0 Å². The smallest absolute Gasteiger partial charge is 0.338 e. The first-order valence-corrected chi connectivity index (χ1v) is 5.78. The van der Waals surface area contributed by atoms with E-state index in [0.29, 0.717) is 17.7 Å². The number of hydrogen-bond acceptors (Lipinski definition) is 3. The van der Waals surface area contributed by atoms with Gasteiger partial charge >= 0.3 is 5.97 Å². The van der Waals surface area contributed by atoms with Crippen LogP contribution in [0.3, 0.4) is 0 Å². The van der Waals surface area contributed by atoms with Crippen LogP contribution >= 0.6 is 0 Å². The van der Waals surface area contributed by atoms with Crippen LogP contribution in [0.2, 0.25) is 0 Å². The second-order valence-corrected chi connectivity index (χ2v) is 3.82. The highest BCUT2D eigenvalue weighted by Crippen LogP contribution is 2.29. The molecule has 1 N–H and O–H groups in total. The van der Waals surface area contributed by atoms with E-state index >= 15 is 0 Å². The summed E-state index contributed by atoms with van der Waals surface area (Å²) in [7, 11) is 0. The van der Waals surface area contributed by atoms with Crippen molar-refractivity contribution in [2.45, 2.75) is 6.92 Å². The van der Waals surface area contributed by atoms with Crippen LogP contribution in [0.25, 0.3) is 11.1 Å². The molecule has 0 aromatic heterocycles. The highest BCUT2D eigenvalue weighted by atomic mass is 16.5. The Morgan fingerprint density at radius 3 is 2.56 bits per heavy atom. The van der Waals surface area contributed by atoms with E-state index in [-0.39, 0.29) is 11.7 Å². The minimum Gasteiger partial charge on any atom is -0.507 e. The number of phenolic OH excluding ortho intramolecular Hbond substituents is 1. The van der Waals surface area contributed by atoms with Crippen molar-refractivity contribution < 1.29 is 14.6 Å². The van der Waals surface area contributed by atoms with Gasteiger partial charge in [0.2, 0.25) is 0 Å². The second kappa shape index (κ2) is 5.36. The number of carbonyl (C=O) groups is 1. The average molecular weight is 242 g/mol. The number of esters is 1. The molecule has 2 aromatic carbocycles. The summed E-state index contributed by atoms with van der Waals surface area (Å²) in [4.78, 5) is 11.6. The number of ether oxygens (including phenoxy) is 1. The molecule has 0 fully saturated rings. The molecule has 0 aliphatic carbocycles. The van der Waals surface area contributed by atoms with Crippen LogP contribution in [0.4, 0.5) is 0 Å². The molecule has 0 aliphatic heterocycles. The minimum atomic E-state index is -0.380. The Labute approximate surface area is 106 Å². The summed E-state index contributed by atoms with van der Waals surface area (Å²) in [5.74, 6) is -0.232. The van der Waals surface area contributed by atoms with E-state index in [1.807, 2.05) is 30.3 Å². The van der Waals surface area contributed by atoms with E-state index in [4.69, 9.17) is 4.74 Å². The molecule has 92 valence electrons. The molecule has 2 rings (SSSR count). The van der Waals surface area contributed by atoms with E-state index in [1.54, 1.807) is 19.1 Å². The van der Waals surface area contributed by atoms with Gasteiger partial charge in [-0.2, -0.15) is 0 Å². The molecule has 0 atom stereocenters. The Balaban J connectivity index is 2.42. The van der Waals surface area contributed by atoms with Gasteiger partial charge in [0.15, 0.2) is 0 Å². The van der Waals surface area contributed by atoms with Gasteiger partial charge in [-0.1, -0.05) is 30.3 Å². The average Bonchev–Trinajstić information content (AvgIpc) is 2.40. The molecule has 2 aromatic rings. The third kappa shape index (κ3) is 2.51. The standard InChI is InChI=1S/C15H14O3/c1-2-18-15(17)12-8-9-14(16)13(10-12)11-6-4-3-5-7-11/h3-10,16H,2H2,1H3. The summed E-state index contributed by atoms with van der Waals surface area (Å²) < 4.78 is 4.94. The second-order valence-electron chi connectivity index (χ2n) is 3.82. The fourth-order valence-electron chi connectivity index (χ4n) is 1.73. The predicted octanol–water partition coefficient (Wildman–Crippen LogP) is 3.24. The third-order valence-corrected chi connectivity index (χ3v) is 2.59. The van der Waals surface area contributed by atoms with E-state index in [1.165, 1.54) is 6.07 Å². The number of carbonyl (C=O) groups excluding carboxylic acids is 1.